The number of nitrogens with zero attached hydrogens (tertiary/aromatic N) is 4. The van der Waals surface area contributed by atoms with E-state index >= 15 is 0 Å². The van der Waals surface area contributed by atoms with Gasteiger partial charge >= 0.3 is 0 Å². The van der Waals surface area contributed by atoms with E-state index in [1.807, 2.05) is 13.8 Å². The number of rotatable bonds is 3. The number of ether oxygens (including phenoxy) is 1. The van der Waals surface area contributed by atoms with Crippen molar-refractivity contribution in [1.82, 2.24) is 14.9 Å². The molecule has 112 valence electrons. The molecule has 1 fully saturated rings. The highest BCUT2D eigenvalue weighted by atomic mass is 16.5. The second-order valence-electron chi connectivity index (χ2n) is 6.24. The number of hydrogen-bond donors (Lipinski definition) is 1. The van der Waals surface area contributed by atoms with Gasteiger partial charge in [0.2, 0.25) is 5.88 Å². The molecule has 0 saturated carbocycles. The molecular formula is C14H25N5O. The Kier molecular flexibility index (Phi) is 4.04. The zero-order chi connectivity index (χ0) is 14.9. The lowest BCUT2D eigenvalue weighted by atomic mass is 10.00. The first-order valence-electron chi connectivity index (χ1n) is 7.04. The summed E-state index contributed by atoms with van der Waals surface area (Å²) in [5.74, 6) is 1.25. The van der Waals surface area contributed by atoms with Gasteiger partial charge in [-0.05, 0) is 34.7 Å². The van der Waals surface area contributed by atoms with E-state index in [0.29, 0.717) is 11.6 Å². The molecular weight excluding hydrogens is 254 g/mol. The van der Waals surface area contributed by atoms with Crippen molar-refractivity contribution in [3.8, 4) is 5.88 Å². The van der Waals surface area contributed by atoms with Gasteiger partial charge in [0.15, 0.2) is 5.82 Å². The number of aromatic nitrogens is 2. The molecule has 1 saturated heterocycles. The predicted molar refractivity (Wildman–Crippen MR) is 81.1 cm³/mol. The van der Waals surface area contributed by atoms with Gasteiger partial charge in [-0.25, -0.2) is 4.98 Å². The highest BCUT2D eigenvalue weighted by Crippen LogP contribution is 2.31. The summed E-state index contributed by atoms with van der Waals surface area (Å²) in [5, 5.41) is 0. The Morgan fingerprint density at radius 2 is 2.00 bits per heavy atom. The molecule has 1 aromatic heterocycles. The molecule has 2 heterocycles. The first kappa shape index (κ1) is 14.8. The van der Waals surface area contributed by atoms with Crippen molar-refractivity contribution in [1.29, 1.82) is 0 Å². The van der Waals surface area contributed by atoms with Crippen LogP contribution < -0.4 is 15.4 Å². The Hall–Kier alpha value is -1.56. The Morgan fingerprint density at radius 1 is 1.30 bits per heavy atom. The van der Waals surface area contributed by atoms with E-state index in [2.05, 4.69) is 40.7 Å². The molecule has 0 amide bonds. The summed E-state index contributed by atoms with van der Waals surface area (Å²) in [4.78, 5) is 13.0. The molecule has 20 heavy (non-hydrogen) atoms. The second kappa shape index (κ2) is 5.44. The van der Waals surface area contributed by atoms with Crippen molar-refractivity contribution < 1.29 is 4.74 Å². The third kappa shape index (κ3) is 2.95. The fraction of sp³-hybridized carbons (Fsp3) is 0.714. The summed E-state index contributed by atoms with van der Waals surface area (Å²) in [7, 11) is 2.15. The van der Waals surface area contributed by atoms with Crippen molar-refractivity contribution in [2.24, 2.45) is 0 Å². The quantitative estimate of drug-likeness (QED) is 0.901. The van der Waals surface area contributed by atoms with Gasteiger partial charge in [-0.2, -0.15) is 4.98 Å². The van der Waals surface area contributed by atoms with Crippen molar-refractivity contribution in [2.45, 2.75) is 39.3 Å². The molecule has 0 unspecified atom stereocenters. The minimum atomic E-state index is 0.0454. The van der Waals surface area contributed by atoms with E-state index in [-0.39, 0.29) is 11.6 Å². The first-order chi connectivity index (χ1) is 9.31. The number of nitrogens with two attached hydrogens (primary N) is 1. The van der Waals surface area contributed by atoms with Crippen LogP contribution in [0, 0.1) is 0 Å². The topological polar surface area (TPSA) is 67.5 Å². The normalized spacial score (nSPS) is 19.4. The number of likely N-dealkylation sites (N-methyl/N-ethyl adjacent to an activating group) is 1. The van der Waals surface area contributed by atoms with Crippen LogP contribution >= 0.6 is 0 Å². The summed E-state index contributed by atoms with van der Waals surface area (Å²) in [5.41, 5.74) is 6.80. The van der Waals surface area contributed by atoms with Crippen LogP contribution in [0.1, 0.15) is 27.7 Å². The maximum absolute atomic E-state index is 6.18. The van der Waals surface area contributed by atoms with E-state index in [4.69, 9.17) is 10.5 Å². The standard InChI is InChI=1S/C14H25N5O/c1-10(2)20-13-11(15)12(16-9-17-13)19-7-6-18(5)14(3,4)8-19/h9-10H,6-8,15H2,1-5H3. The largest absolute Gasteiger partial charge is 0.473 e. The third-order valence-corrected chi connectivity index (χ3v) is 3.79. The van der Waals surface area contributed by atoms with Gasteiger partial charge in [0.25, 0.3) is 0 Å². The summed E-state index contributed by atoms with van der Waals surface area (Å²) in [6.45, 7) is 11.1. The molecule has 1 aromatic rings. The van der Waals surface area contributed by atoms with Gasteiger partial charge in [0.1, 0.15) is 12.0 Å². The third-order valence-electron chi connectivity index (χ3n) is 3.79. The van der Waals surface area contributed by atoms with Crippen LogP contribution in [0.5, 0.6) is 5.88 Å². The van der Waals surface area contributed by atoms with E-state index in [1.54, 1.807) is 0 Å². The lowest BCUT2D eigenvalue weighted by molar-refractivity contribution is 0.138. The van der Waals surface area contributed by atoms with E-state index in [0.717, 1.165) is 25.5 Å². The second-order valence-corrected chi connectivity index (χ2v) is 6.24. The highest BCUT2D eigenvalue weighted by molar-refractivity contribution is 5.68. The van der Waals surface area contributed by atoms with Crippen LogP contribution in [0.15, 0.2) is 6.33 Å². The predicted octanol–water partition coefficient (Wildman–Crippen LogP) is 1.38. The summed E-state index contributed by atoms with van der Waals surface area (Å²) in [6.07, 6.45) is 1.57. The van der Waals surface area contributed by atoms with Crippen molar-refractivity contribution in [2.75, 3.05) is 37.3 Å². The molecule has 0 aliphatic carbocycles. The van der Waals surface area contributed by atoms with Crippen LogP contribution in [0.4, 0.5) is 11.5 Å². The SMILES string of the molecule is CC(C)Oc1ncnc(N2CCN(C)C(C)(C)C2)c1N. The number of hydrogen-bond acceptors (Lipinski definition) is 6. The molecule has 0 atom stereocenters. The van der Waals surface area contributed by atoms with Crippen LogP contribution in [-0.4, -0.2) is 53.2 Å². The fourth-order valence-electron chi connectivity index (χ4n) is 2.36. The van der Waals surface area contributed by atoms with Crippen molar-refractivity contribution >= 4 is 11.5 Å². The average Bonchev–Trinajstić information content (AvgIpc) is 2.35. The molecule has 0 spiro atoms. The van der Waals surface area contributed by atoms with Gasteiger partial charge < -0.3 is 15.4 Å². The molecule has 6 heteroatoms. The van der Waals surface area contributed by atoms with Gasteiger partial charge in [0.05, 0.1) is 6.10 Å². The molecule has 0 aromatic carbocycles. The van der Waals surface area contributed by atoms with Crippen LogP contribution in [-0.2, 0) is 0 Å². The smallest absolute Gasteiger partial charge is 0.242 e. The molecule has 0 radical (unpaired) electrons. The van der Waals surface area contributed by atoms with Crippen molar-refractivity contribution in [3.05, 3.63) is 6.33 Å². The van der Waals surface area contributed by atoms with Gasteiger partial charge in [0, 0.05) is 25.2 Å². The summed E-state index contributed by atoms with van der Waals surface area (Å²) >= 11 is 0. The van der Waals surface area contributed by atoms with Crippen LogP contribution in [0.25, 0.3) is 0 Å². The zero-order valence-electron chi connectivity index (χ0n) is 13.1. The van der Waals surface area contributed by atoms with Crippen LogP contribution in [0.3, 0.4) is 0 Å². The highest BCUT2D eigenvalue weighted by Gasteiger charge is 2.32. The van der Waals surface area contributed by atoms with Crippen molar-refractivity contribution in [3.63, 3.8) is 0 Å². The number of nitrogen functional groups attached to an aromatic ring is 1. The molecule has 1 aliphatic heterocycles. The molecule has 2 rings (SSSR count). The minimum Gasteiger partial charge on any atom is -0.473 e. The maximum atomic E-state index is 6.18. The zero-order valence-corrected chi connectivity index (χ0v) is 13.1. The number of piperazine rings is 1. The molecule has 6 nitrogen and oxygen atoms in total. The number of anilines is 2. The Bertz CT molecular complexity index is 475. The molecule has 2 N–H and O–H groups in total. The summed E-state index contributed by atoms with van der Waals surface area (Å²) in [6, 6.07) is 0. The molecule has 1 aliphatic rings. The Labute approximate surface area is 120 Å². The van der Waals surface area contributed by atoms with Gasteiger partial charge in [-0.1, -0.05) is 0 Å². The minimum absolute atomic E-state index is 0.0454. The maximum Gasteiger partial charge on any atom is 0.242 e. The Morgan fingerprint density at radius 3 is 2.60 bits per heavy atom. The molecule has 0 bridgehead atoms. The average molecular weight is 279 g/mol. The fourth-order valence-corrected chi connectivity index (χ4v) is 2.36. The van der Waals surface area contributed by atoms with Gasteiger partial charge in [-0.15, -0.1) is 0 Å². The Balaban J connectivity index is 2.25. The summed E-state index contributed by atoms with van der Waals surface area (Å²) < 4.78 is 5.64. The van der Waals surface area contributed by atoms with Crippen LogP contribution in [0.2, 0.25) is 0 Å². The lowest BCUT2D eigenvalue weighted by Crippen LogP contribution is -2.58. The van der Waals surface area contributed by atoms with Gasteiger partial charge in [-0.3, -0.25) is 4.90 Å². The van der Waals surface area contributed by atoms with E-state index in [9.17, 15) is 0 Å². The van der Waals surface area contributed by atoms with E-state index in [1.165, 1.54) is 6.33 Å². The monoisotopic (exact) mass is 279 g/mol. The first-order valence-corrected chi connectivity index (χ1v) is 7.04. The lowest BCUT2D eigenvalue weighted by Gasteiger charge is -2.45. The van der Waals surface area contributed by atoms with E-state index < -0.39 is 0 Å².